The Hall–Kier alpha value is -1.76. The fourth-order valence-electron chi connectivity index (χ4n) is 1.50. The number of hydrogen-bond donors (Lipinski definition) is 2. The van der Waals surface area contributed by atoms with Gasteiger partial charge in [-0.05, 0) is 30.3 Å². The van der Waals surface area contributed by atoms with Gasteiger partial charge in [0.1, 0.15) is 11.9 Å². The first kappa shape index (κ1) is 12.7. The third kappa shape index (κ3) is 3.13. The molecule has 0 aliphatic rings. The lowest BCUT2D eigenvalue weighted by Gasteiger charge is -2.06. The van der Waals surface area contributed by atoms with Crippen LogP contribution in [0.25, 0.3) is 0 Å². The van der Waals surface area contributed by atoms with E-state index >= 15 is 0 Å². The molecule has 90 valence electrons. The number of halogens is 1. The van der Waals surface area contributed by atoms with Gasteiger partial charge >= 0.3 is 0 Å². The number of benzene rings is 2. The molecule has 2 aromatic rings. The summed E-state index contributed by atoms with van der Waals surface area (Å²) in [4.78, 5) is 0. The molecular formula is C15H11BrO2. The van der Waals surface area contributed by atoms with Gasteiger partial charge in [0.25, 0.3) is 0 Å². The van der Waals surface area contributed by atoms with Crippen molar-refractivity contribution in [1.29, 1.82) is 0 Å². The molecule has 18 heavy (non-hydrogen) atoms. The Morgan fingerprint density at radius 1 is 1.06 bits per heavy atom. The van der Waals surface area contributed by atoms with Crippen LogP contribution >= 0.6 is 15.9 Å². The summed E-state index contributed by atoms with van der Waals surface area (Å²) in [5, 5.41) is 19.6. The van der Waals surface area contributed by atoms with Gasteiger partial charge in [-0.15, -0.1) is 0 Å². The molecule has 0 spiro atoms. The van der Waals surface area contributed by atoms with Crippen LogP contribution in [0.2, 0.25) is 0 Å². The molecule has 0 amide bonds. The molecular weight excluding hydrogens is 292 g/mol. The van der Waals surface area contributed by atoms with Gasteiger partial charge in [-0.25, -0.2) is 0 Å². The molecule has 1 unspecified atom stereocenters. The van der Waals surface area contributed by atoms with Crippen molar-refractivity contribution >= 4 is 15.9 Å². The van der Waals surface area contributed by atoms with Gasteiger partial charge in [-0.2, -0.15) is 0 Å². The van der Waals surface area contributed by atoms with Crippen molar-refractivity contribution in [3.8, 4) is 17.6 Å². The normalized spacial score (nSPS) is 11.4. The Balaban J connectivity index is 2.25. The van der Waals surface area contributed by atoms with Crippen LogP contribution in [0.3, 0.4) is 0 Å². The SMILES string of the molecule is Oc1ccc(Br)cc1C(O)C#Cc1ccccc1. The van der Waals surface area contributed by atoms with Crippen molar-refractivity contribution in [3.05, 3.63) is 64.1 Å². The molecule has 2 nitrogen and oxygen atoms in total. The van der Waals surface area contributed by atoms with Crippen molar-refractivity contribution in [2.45, 2.75) is 6.10 Å². The quantitative estimate of drug-likeness (QED) is 0.794. The zero-order valence-corrected chi connectivity index (χ0v) is 11.1. The molecule has 1 atom stereocenters. The van der Waals surface area contributed by atoms with Crippen molar-refractivity contribution < 1.29 is 10.2 Å². The molecule has 0 aliphatic carbocycles. The Labute approximate surface area is 114 Å². The van der Waals surface area contributed by atoms with Crippen molar-refractivity contribution in [2.75, 3.05) is 0 Å². The molecule has 0 fully saturated rings. The van der Waals surface area contributed by atoms with Gasteiger partial charge in [0.2, 0.25) is 0 Å². The van der Waals surface area contributed by atoms with Crippen molar-refractivity contribution in [2.24, 2.45) is 0 Å². The van der Waals surface area contributed by atoms with Crippen LogP contribution in [-0.4, -0.2) is 10.2 Å². The molecule has 0 heterocycles. The number of phenols is 1. The molecule has 3 heteroatoms. The van der Waals surface area contributed by atoms with Gasteiger partial charge in [-0.1, -0.05) is 46.0 Å². The lowest BCUT2D eigenvalue weighted by Crippen LogP contribution is -1.94. The van der Waals surface area contributed by atoms with Gasteiger partial charge in [0.05, 0.1) is 0 Å². The molecule has 2 aromatic carbocycles. The first-order valence-electron chi connectivity index (χ1n) is 5.40. The molecule has 0 radical (unpaired) electrons. The number of aliphatic hydroxyl groups is 1. The molecule has 0 aromatic heterocycles. The zero-order chi connectivity index (χ0) is 13.0. The lowest BCUT2D eigenvalue weighted by atomic mass is 10.1. The third-order valence-corrected chi connectivity index (χ3v) is 2.90. The number of aliphatic hydroxyl groups excluding tert-OH is 1. The maximum atomic E-state index is 9.93. The van der Waals surface area contributed by atoms with E-state index in [0.717, 1.165) is 10.0 Å². The number of rotatable bonds is 1. The van der Waals surface area contributed by atoms with Gasteiger partial charge in [0.15, 0.2) is 0 Å². The van der Waals surface area contributed by atoms with Gasteiger partial charge < -0.3 is 10.2 Å². The minimum absolute atomic E-state index is 0.0352. The van der Waals surface area contributed by atoms with Crippen LogP contribution in [0, 0.1) is 11.8 Å². The average molecular weight is 303 g/mol. The Kier molecular flexibility index (Phi) is 4.03. The highest BCUT2D eigenvalue weighted by atomic mass is 79.9. The van der Waals surface area contributed by atoms with Crippen LogP contribution in [-0.2, 0) is 0 Å². The first-order chi connectivity index (χ1) is 8.66. The van der Waals surface area contributed by atoms with Crippen LogP contribution in [0.1, 0.15) is 17.2 Å². The summed E-state index contributed by atoms with van der Waals surface area (Å²) in [7, 11) is 0. The van der Waals surface area contributed by atoms with E-state index in [0.29, 0.717) is 5.56 Å². The van der Waals surface area contributed by atoms with E-state index in [1.165, 1.54) is 6.07 Å². The predicted molar refractivity (Wildman–Crippen MR) is 74.1 cm³/mol. The van der Waals surface area contributed by atoms with Crippen molar-refractivity contribution in [1.82, 2.24) is 0 Å². The average Bonchev–Trinajstić information content (AvgIpc) is 2.40. The summed E-state index contributed by atoms with van der Waals surface area (Å²) >= 11 is 3.29. The largest absolute Gasteiger partial charge is 0.508 e. The minimum Gasteiger partial charge on any atom is -0.508 e. The van der Waals surface area contributed by atoms with E-state index in [1.807, 2.05) is 30.3 Å². The smallest absolute Gasteiger partial charge is 0.144 e. The second-order valence-electron chi connectivity index (χ2n) is 3.74. The summed E-state index contributed by atoms with van der Waals surface area (Å²) in [5.41, 5.74) is 1.22. The summed E-state index contributed by atoms with van der Waals surface area (Å²) in [6.45, 7) is 0. The van der Waals surface area contributed by atoms with Gasteiger partial charge in [-0.3, -0.25) is 0 Å². The predicted octanol–water partition coefficient (Wildman–Crippen LogP) is 3.24. The molecule has 0 saturated heterocycles. The summed E-state index contributed by atoms with van der Waals surface area (Å²) in [6, 6.07) is 14.3. The van der Waals surface area contributed by atoms with Crippen LogP contribution in [0.4, 0.5) is 0 Å². The van der Waals surface area contributed by atoms with Crippen LogP contribution < -0.4 is 0 Å². The van der Waals surface area contributed by atoms with E-state index in [9.17, 15) is 10.2 Å². The highest BCUT2D eigenvalue weighted by molar-refractivity contribution is 9.10. The fourth-order valence-corrected chi connectivity index (χ4v) is 1.87. The fraction of sp³-hybridized carbons (Fsp3) is 0.0667. The summed E-state index contributed by atoms with van der Waals surface area (Å²) in [6.07, 6.45) is -1.01. The van der Waals surface area contributed by atoms with Gasteiger partial charge in [0, 0.05) is 15.6 Å². The Morgan fingerprint density at radius 2 is 1.78 bits per heavy atom. The lowest BCUT2D eigenvalue weighted by molar-refractivity contribution is 0.233. The first-order valence-corrected chi connectivity index (χ1v) is 6.19. The summed E-state index contributed by atoms with van der Waals surface area (Å²) in [5.74, 6) is 5.61. The topological polar surface area (TPSA) is 40.5 Å². The molecule has 0 bridgehead atoms. The van der Waals surface area contributed by atoms with E-state index in [-0.39, 0.29) is 5.75 Å². The molecule has 2 N–H and O–H groups in total. The number of phenolic OH excluding ortho intramolecular Hbond substituents is 1. The highest BCUT2D eigenvalue weighted by Gasteiger charge is 2.09. The maximum absolute atomic E-state index is 9.93. The standard InChI is InChI=1S/C15H11BrO2/c16-12-7-9-15(18)13(10-12)14(17)8-6-11-4-2-1-3-5-11/h1-5,7,9-10,14,17-18H. The van der Waals surface area contributed by atoms with E-state index in [4.69, 9.17) is 0 Å². The Morgan fingerprint density at radius 3 is 2.50 bits per heavy atom. The van der Waals surface area contributed by atoms with E-state index in [2.05, 4.69) is 27.8 Å². The minimum atomic E-state index is -1.01. The van der Waals surface area contributed by atoms with Crippen LogP contribution in [0.15, 0.2) is 53.0 Å². The highest BCUT2D eigenvalue weighted by Crippen LogP contribution is 2.27. The molecule has 2 rings (SSSR count). The van der Waals surface area contributed by atoms with E-state index < -0.39 is 6.10 Å². The third-order valence-electron chi connectivity index (χ3n) is 2.41. The second-order valence-corrected chi connectivity index (χ2v) is 4.66. The van der Waals surface area contributed by atoms with Crippen LogP contribution in [0.5, 0.6) is 5.75 Å². The number of hydrogen-bond acceptors (Lipinski definition) is 2. The Bertz CT molecular complexity index is 597. The monoisotopic (exact) mass is 302 g/mol. The van der Waals surface area contributed by atoms with Crippen molar-refractivity contribution in [3.63, 3.8) is 0 Å². The van der Waals surface area contributed by atoms with E-state index in [1.54, 1.807) is 12.1 Å². The summed E-state index contributed by atoms with van der Waals surface area (Å²) < 4.78 is 0.788. The molecule has 0 aliphatic heterocycles. The molecule has 0 saturated carbocycles. The number of aromatic hydroxyl groups is 1. The second kappa shape index (κ2) is 5.72. The zero-order valence-electron chi connectivity index (χ0n) is 9.47. The maximum Gasteiger partial charge on any atom is 0.144 e.